The van der Waals surface area contributed by atoms with E-state index < -0.39 is 0 Å². The number of anilines is 1. The summed E-state index contributed by atoms with van der Waals surface area (Å²) in [6, 6.07) is 13.8. The zero-order chi connectivity index (χ0) is 17.5. The van der Waals surface area contributed by atoms with E-state index in [-0.39, 0.29) is 5.91 Å². The number of nitrogens with one attached hydrogen (secondary N) is 1. The molecule has 0 aliphatic rings. The van der Waals surface area contributed by atoms with Gasteiger partial charge in [0, 0.05) is 29.8 Å². The molecule has 0 bridgehead atoms. The summed E-state index contributed by atoms with van der Waals surface area (Å²) in [5.74, 6) is 0.555. The Balaban J connectivity index is 1.96. The van der Waals surface area contributed by atoms with Crippen molar-refractivity contribution >= 4 is 27.5 Å². The van der Waals surface area contributed by atoms with Gasteiger partial charge in [-0.25, -0.2) is 0 Å². The number of halogens is 1. The molecule has 0 heterocycles. The van der Waals surface area contributed by atoms with Gasteiger partial charge in [-0.15, -0.1) is 0 Å². The Morgan fingerprint density at radius 3 is 2.71 bits per heavy atom. The van der Waals surface area contributed by atoms with Crippen LogP contribution in [-0.2, 0) is 0 Å². The monoisotopic (exact) mass is 390 g/mol. The van der Waals surface area contributed by atoms with Crippen LogP contribution in [0.3, 0.4) is 0 Å². The van der Waals surface area contributed by atoms with Crippen LogP contribution in [0.25, 0.3) is 0 Å². The molecular weight excluding hydrogens is 368 g/mol. The lowest BCUT2D eigenvalue weighted by Crippen LogP contribution is -2.35. The first-order valence-electron chi connectivity index (χ1n) is 7.98. The molecule has 0 saturated carbocycles. The summed E-state index contributed by atoms with van der Waals surface area (Å²) >= 11 is 3.41. The Bertz CT molecular complexity index is 704. The molecule has 2 aromatic carbocycles. The topological polar surface area (TPSA) is 41.6 Å². The second kappa shape index (κ2) is 8.73. The number of rotatable bonds is 7. The van der Waals surface area contributed by atoms with Gasteiger partial charge >= 0.3 is 0 Å². The summed E-state index contributed by atoms with van der Waals surface area (Å²) in [6.45, 7) is 6.42. The van der Waals surface area contributed by atoms with E-state index in [1.54, 1.807) is 13.2 Å². The lowest BCUT2D eigenvalue weighted by atomic mass is 10.2. The largest absolute Gasteiger partial charge is 0.497 e. The van der Waals surface area contributed by atoms with Gasteiger partial charge in [0.1, 0.15) is 5.75 Å². The molecule has 0 atom stereocenters. The predicted octanol–water partition coefficient (Wildman–Crippen LogP) is 4.02. The molecule has 0 unspecified atom stereocenters. The summed E-state index contributed by atoms with van der Waals surface area (Å²) in [7, 11) is 1.59. The zero-order valence-corrected chi connectivity index (χ0v) is 15.9. The van der Waals surface area contributed by atoms with Crippen LogP contribution in [-0.4, -0.2) is 32.7 Å². The number of carbonyl (C=O) groups excluding carboxylic acids is 1. The molecule has 2 aromatic rings. The highest BCUT2D eigenvalue weighted by atomic mass is 79.9. The number of nitrogens with zero attached hydrogens (tertiary/aromatic N) is 1. The quantitative estimate of drug-likeness (QED) is 0.775. The third-order valence-corrected chi connectivity index (χ3v) is 4.53. The van der Waals surface area contributed by atoms with Gasteiger partial charge in [-0.05, 0) is 65.7 Å². The van der Waals surface area contributed by atoms with Crippen molar-refractivity contribution in [2.24, 2.45) is 0 Å². The van der Waals surface area contributed by atoms with Crippen molar-refractivity contribution in [1.29, 1.82) is 0 Å². The average molecular weight is 391 g/mol. The van der Waals surface area contributed by atoms with E-state index in [4.69, 9.17) is 4.74 Å². The van der Waals surface area contributed by atoms with Crippen molar-refractivity contribution in [1.82, 2.24) is 5.32 Å². The predicted molar refractivity (Wildman–Crippen MR) is 102 cm³/mol. The summed E-state index contributed by atoms with van der Waals surface area (Å²) in [5, 5.41) is 2.97. The Morgan fingerprint density at radius 2 is 2.04 bits per heavy atom. The number of benzene rings is 2. The fraction of sp³-hybridized carbons (Fsp3) is 0.316. The number of hydrogen-bond donors (Lipinski definition) is 1. The van der Waals surface area contributed by atoms with E-state index in [9.17, 15) is 4.79 Å². The first-order valence-corrected chi connectivity index (χ1v) is 8.77. The zero-order valence-electron chi connectivity index (χ0n) is 14.3. The first kappa shape index (κ1) is 18.3. The number of ether oxygens (including phenoxy) is 1. The molecule has 0 aliphatic heterocycles. The SMILES string of the molecule is CCN(CCNC(=O)c1cc(OC)ccc1Br)c1cccc(C)c1. The van der Waals surface area contributed by atoms with Crippen LogP contribution in [0.15, 0.2) is 46.9 Å². The molecule has 5 heteroatoms. The molecule has 2 rings (SSSR count). The van der Waals surface area contributed by atoms with E-state index in [2.05, 4.69) is 64.3 Å². The van der Waals surface area contributed by atoms with Gasteiger partial charge in [0.2, 0.25) is 0 Å². The molecule has 0 saturated heterocycles. The molecule has 4 nitrogen and oxygen atoms in total. The normalized spacial score (nSPS) is 10.3. The highest BCUT2D eigenvalue weighted by Crippen LogP contribution is 2.22. The van der Waals surface area contributed by atoms with Gasteiger partial charge in [-0.2, -0.15) is 0 Å². The Labute approximate surface area is 151 Å². The van der Waals surface area contributed by atoms with Crippen molar-refractivity contribution in [3.63, 3.8) is 0 Å². The molecule has 0 fully saturated rings. The van der Waals surface area contributed by atoms with E-state index in [0.29, 0.717) is 17.9 Å². The van der Waals surface area contributed by atoms with Crippen LogP contribution >= 0.6 is 15.9 Å². The number of aryl methyl sites for hydroxylation is 1. The molecule has 0 spiro atoms. The second-order valence-electron chi connectivity index (χ2n) is 5.52. The van der Waals surface area contributed by atoms with Crippen LogP contribution < -0.4 is 15.0 Å². The van der Waals surface area contributed by atoms with Crippen LogP contribution in [0.1, 0.15) is 22.8 Å². The van der Waals surface area contributed by atoms with Crippen LogP contribution in [0.4, 0.5) is 5.69 Å². The van der Waals surface area contributed by atoms with Crippen LogP contribution in [0.2, 0.25) is 0 Å². The van der Waals surface area contributed by atoms with Crippen molar-refractivity contribution in [3.05, 3.63) is 58.1 Å². The third-order valence-electron chi connectivity index (χ3n) is 3.83. The number of amides is 1. The van der Waals surface area contributed by atoms with Crippen molar-refractivity contribution in [2.75, 3.05) is 31.6 Å². The molecule has 0 aromatic heterocycles. The third kappa shape index (κ3) is 4.74. The Kier molecular flexibility index (Phi) is 6.67. The average Bonchev–Trinajstić information content (AvgIpc) is 2.59. The van der Waals surface area contributed by atoms with Crippen LogP contribution in [0.5, 0.6) is 5.75 Å². The fourth-order valence-electron chi connectivity index (χ4n) is 2.50. The van der Waals surface area contributed by atoms with Crippen LogP contribution in [0, 0.1) is 6.92 Å². The van der Waals surface area contributed by atoms with E-state index in [1.165, 1.54) is 11.3 Å². The van der Waals surface area contributed by atoms with E-state index in [1.807, 2.05) is 12.1 Å². The molecule has 24 heavy (non-hydrogen) atoms. The smallest absolute Gasteiger partial charge is 0.252 e. The molecule has 128 valence electrons. The minimum absolute atomic E-state index is 0.110. The Morgan fingerprint density at radius 1 is 1.25 bits per heavy atom. The Hall–Kier alpha value is -2.01. The summed E-state index contributed by atoms with van der Waals surface area (Å²) in [4.78, 5) is 14.6. The second-order valence-corrected chi connectivity index (χ2v) is 6.37. The van der Waals surface area contributed by atoms with Crippen molar-refractivity contribution in [2.45, 2.75) is 13.8 Å². The van der Waals surface area contributed by atoms with Crippen molar-refractivity contribution < 1.29 is 9.53 Å². The maximum Gasteiger partial charge on any atom is 0.252 e. The summed E-state index contributed by atoms with van der Waals surface area (Å²) in [6.07, 6.45) is 0. The highest BCUT2D eigenvalue weighted by molar-refractivity contribution is 9.10. The van der Waals surface area contributed by atoms with Gasteiger partial charge in [0.05, 0.1) is 12.7 Å². The van der Waals surface area contributed by atoms with Gasteiger partial charge in [0.25, 0.3) is 5.91 Å². The molecular formula is C19H23BrN2O2. The molecule has 1 amide bonds. The maximum atomic E-state index is 12.4. The van der Waals surface area contributed by atoms with E-state index in [0.717, 1.165) is 17.6 Å². The molecule has 0 radical (unpaired) electrons. The number of hydrogen-bond acceptors (Lipinski definition) is 3. The van der Waals surface area contributed by atoms with E-state index >= 15 is 0 Å². The van der Waals surface area contributed by atoms with Gasteiger partial charge in [-0.1, -0.05) is 12.1 Å². The van der Waals surface area contributed by atoms with Crippen molar-refractivity contribution in [3.8, 4) is 5.75 Å². The molecule has 0 aliphatic carbocycles. The standard InChI is InChI=1S/C19H23BrN2O2/c1-4-22(15-7-5-6-14(2)12-15)11-10-21-19(23)17-13-16(24-3)8-9-18(17)20/h5-9,12-13H,4,10-11H2,1-3H3,(H,21,23). The lowest BCUT2D eigenvalue weighted by molar-refractivity contribution is 0.0953. The number of methoxy groups -OCH3 is 1. The van der Waals surface area contributed by atoms with Gasteiger partial charge in [-0.3, -0.25) is 4.79 Å². The first-order chi connectivity index (χ1) is 11.5. The van der Waals surface area contributed by atoms with Gasteiger partial charge < -0.3 is 15.0 Å². The number of likely N-dealkylation sites (N-methyl/N-ethyl adjacent to an activating group) is 1. The summed E-state index contributed by atoms with van der Waals surface area (Å²) < 4.78 is 5.94. The van der Waals surface area contributed by atoms with Gasteiger partial charge in [0.15, 0.2) is 0 Å². The summed E-state index contributed by atoms with van der Waals surface area (Å²) in [5.41, 5.74) is 2.98. The fourth-order valence-corrected chi connectivity index (χ4v) is 2.93. The number of carbonyl (C=O) groups is 1. The maximum absolute atomic E-state index is 12.4. The lowest BCUT2D eigenvalue weighted by Gasteiger charge is -2.23. The minimum atomic E-state index is -0.110. The molecule has 1 N–H and O–H groups in total. The minimum Gasteiger partial charge on any atom is -0.497 e. The highest BCUT2D eigenvalue weighted by Gasteiger charge is 2.12.